The van der Waals surface area contributed by atoms with Crippen LogP contribution >= 0.6 is 0 Å². The van der Waals surface area contributed by atoms with Gasteiger partial charge in [-0.2, -0.15) is 13.2 Å². The van der Waals surface area contributed by atoms with Gasteiger partial charge >= 0.3 is 6.18 Å². The van der Waals surface area contributed by atoms with E-state index in [1.165, 1.54) is 0 Å². The fourth-order valence-corrected chi connectivity index (χ4v) is 2.58. The van der Waals surface area contributed by atoms with Crippen molar-refractivity contribution in [3.05, 3.63) is 0 Å². The fourth-order valence-electron chi connectivity index (χ4n) is 2.58. The second kappa shape index (κ2) is 6.04. The van der Waals surface area contributed by atoms with Gasteiger partial charge in [0.05, 0.1) is 6.42 Å². The first kappa shape index (κ1) is 15.5. The molecular weight excluding hydrogens is 243 g/mol. The summed E-state index contributed by atoms with van der Waals surface area (Å²) in [4.78, 5) is 12.9. The molecule has 0 aromatic carbocycles. The summed E-state index contributed by atoms with van der Waals surface area (Å²) in [6.45, 7) is 2.57. The minimum absolute atomic E-state index is 0.0331. The number of rotatable bonds is 5. The first-order chi connectivity index (χ1) is 8.26. The summed E-state index contributed by atoms with van der Waals surface area (Å²) in [5.74, 6) is 0.624. The first-order valence-electron chi connectivity index (χ1n) is 6.48. The smallest absolute Gasteiger partial charge is 0.305 e. The van der Waals surface area contributed by atoms with Crippen molar-refractivity contribution in [2.24, 2.45) is 11.3 Å². The van der Waals surface area contributed by atoms with Gasteiger partial charge in [0.2, 0.25) is 0 Å². The molecule has 1 saturated carbocycles. The van der Waals surface area contributed by atoms with Crippen LogP contribution in [-0.2, 0) is 4.79 Å². The van der Waals surface area contributed by atoms with Crippen molar-refractivity contribution in [1.29, 1.82) is 0 Å². The summed E-state index contributed by atoms with van der Waals surface area (Å²) in [5, 5.41) is 0. The van der Waals surface area contributed by atoms with E-state index in [0.717, 1.165) is 32.0 Å². The van der Waals surface area contributed by atoms with Crippen molar-refractivity contribution < 1.29 is 18.0 Å². The van der Waals surface area contributed by atoms with Crippen molar-refractivity contribution in [3.8, 4) is 0 Å². The summed E-state index contributed by atoms with van der Waals surface area (Å²) < 4.78 is 36.4. The Kier molecular flexibility index (Phi) is 5.20. The fraction of sp³-hybridized carbons (Fsp3) is 0.923. The largest absolute Gasteiger partial charge is 0.390 e. The molecule has 0 aliphatic heterocycles. The molecule has 0 bridgehead atoms. The standard InChI is InChI=1S/C13H22F3NO/c1-11-3-5-12(10-18,6-4-11)9-17(2)8-7-13(14,15)16/h10-11H,3-9H2,1-2H3. The molecule has 5 heteroatoms. The van der Waals surface area contributed by atoms with E-state index in [-0.39, 0.29) is 6.54 Å². The van der Waals surface area contributed by atoms with Gasteiger partial charge in [-0.05, 0) is 38.6 Å². The highest BCUT2D eigenvalue weighted by atomic mass is 19.4. The predicted molar refractivity (Wildman–Crippen MR) is 64.3 cm³/mol. The molecule has 18 heavy (non-hydrogen) atoms. The minimum atomic E-state index is -4.12. The molecule has 106 valence electrons. The van der Waals surface area contributed by atoms with Crippen molar-refractivity contribution >= 4 is 6.29 Å². The monoisotopic (exact) mass is 265 g/mol. The van der Waals surface area contributed by atoms with E-state index in [2.05, 4.69) is 6.92 Å². The lowest BCUT2D eigenvalue weighted by Gasteiger charge is -2.37. The van der Waals surface area contributed by atoms with Crippen LogP contribution in [0, 0.1) is 11.3 Å². The van der Waals surface area contributed by atoms with Crippen LogP contribution in [0.3, 0.4) is 0 Å². The van der Waals surface area contributed by atoms with Gasteiger partial charge in [-0.1, -0.05) is 6.92 Å². The average Bonchev–Trinajstić information content (AvgIpc) is 2.29. The Balaban J connectivity index is 2.45. The third-order valence-electron chi connectivity index (χ3n) is 3.88. The molecule has 1 aliphatic carbocycles. The average molecular weight is 265 g/mol. The molecule has 0 atom stereocenters. The topological polar surface area (TPSA) is 20.3 Å². The highest BCUT2D eigenvalue weighted by Gasteiger charge is 2.35. The van der Waals surface area contributed by atoms with Crippen LogP contribution in [0.4, 0.5) is 13.2 Å². The van der Waals surface area contributed by atoms with Crippen LogP contribution in [0.25, 0.3) is 0 Å². The van der Waals surface area contributed by atoms with Gasteiger partial charge < -0.3 is 9.69 Å². The molecule has 2 nitrogen and oxygen atoms in total. The summed E-state index contributed by atoms with van der Waals surface area (Å²) >= 11 is 0. The Morgan fingerprint density at radius 3 is 2.33 bits per heavy atom. The summed E-state index contributed by atoms with van der Waals surface area (Å²) in [6, 6.07) is 0. The van der Waals surface area contributed by atoms with E-state index in [4.69, 9.17) is 0 Å². The van der Waals surface area contributed by atoms with Gasteiger partial charge in [0, 0.05) is 18.5 Å². The van der Waals surface area contributed by atoms with Crippen LogP contribution in [0.1, 0.15) is 39.0 Å². The minimum Gasteiger partial charge on any atom is -0.305 e. The SMILES string of the molecule is CC1CCC(C=O)(CN(C)CCC(F)(F)F)CC1. The third kappa shape index (κ3) is 4.96. The summed E-state index contributed by atoms with van der Waals surface area (Å²) in [6.07, 6.45) is -0.388. The number of halogens is 3. The van der Waals surface area contributed by atoms with Crippen molar-refractivity contribution in [2.75, 3.05) is 20.1 Å². The van der Waals surface area contributed by atoms with Crippen molar-refractivity contribution in [2.45, 2.75) is 45.2 Å². The maximum Gasteiger partial charge on any atom is 0.390 e. The molecule has 1 aliphatic rings. The molecule has 0 aromatic rings. The second-order valence-electron chi connectivity index (χ2n) is 5.77. The zero-order valence-electron chi connectivity index (χ0n) is 11.1. The van der Waals surface area contributed by atoms with E-state index in [9.17, 15) is 18.0 Å². The molecule has 0 radical (unpaired) electrons. The second-order valence-corrected chi connectivity index (χ2v) is 5.77. The quantitative estimate of drug-likeness (QED) is 0.711. The van der Waals surface area contributed by atoms with Crippen LogP contribution in [0.15, 0.2) is 0 Å². The Morgan fingerprint density at radius 2 is 1.89 bits per heavy atom. The Hall–Kier alpha value is -0.580. The molecular formula is C13H22F3NO. The molecule has 0 saturated heterocycles. The van der Waals surface area contributed by atoms with E-state index >= 15 is 0 Å². The van der Waals surface area contributed by atoms with E-state index in [1.54, 1.807) is 11.9 Å². The number of carbonyl (C=O) groups is 1. The molecule has 0 N–H and O–H groups in total. The molecule has 1 rings (SSSR count). The van der Waals surface area contributed by atoms with Crippen LogP contribution in [-0.4, -0.2) is 37.5 Å². The number of nitrogens with zero attached hydrogens (tertiary/aromatic N) is 1. The predicted octanol–water partition coefficient (Wildman–Crippen LogP) is 3.27. The zero-order chi connectivity index (χ0) is 13.8. The third-order valence-corrected chi connectivity index (χ3v) is 3.88. The number of alkyl halides is 3. The molecule has 1 fully saturated rings. The van der Waals surface area contributed by atoms with E-state index in [1.807, 2.05) is 0 Å². The van der Waals surface area contributed by atoms with Crippen LogP contribution in [0.2, 0.25) is 0 Å². The van der Waals surface area contributed by atoms with Crippen molar-refractivity contribution in [1.82, 2.24) is 4.90 Å². The zero-order valence-corrected chi connectivity index (χ0v) is 11.1. The lowest BCUT2D eigenvalue weighted by Crippen LogP contribution is -2.40. The number of hydrogen-bond donors (Lipinski definition) is 0. The summed E-state index contributed by atoms with van der Waals surface area (Å²) in [7, 11) is 1.66. The van der Waals surface area contributed by atoms with Gasteiger partial charge in [0.1, 0.15) is 6.29 Å². The number of carbonyl (C=O) groups excluding carboxylic acids is 1. The van der Waals surface area contributed by atoms with Gasteiger partial charge in [-0.25, -0.2) is 0 Å². The van der Waals surface area contributed by atoms with Gasteiger partial charge in [-0.15, -0.1) is 0 Å². The Labute approximate surface area is 107 Å². The lowest BCUT2D eigenvalue weighted by atomic mass is 9.71. The van der Waals surface area contributed by atoms with E-state index < -0.39 is 18.0 Å². The molecule has 0 heterocycles. The van der Waals surface area contributed by atoms with Gasteiger partial charge in [0.15, 0.2) is 0 Å². The normalized spacial score (nSPS) is 29.6. The molecule has 0 amide bonds. The first-order valence-corrected chi connectivity index (χ1v) is 6.48. The molecule has 0 aromatic heterocycles. The highest BCUT2D eigenvalue weighted by molar-refractivity contribution is 5.60. The lowest BCUT2D eigenvalue weighted by molar-refractivity contribution is -0.138. The Bertz CT molecular complexity index is 270. The molecule has 0 unspecified atom stereocenters. The van der Waals surface area contributed by atoms with E-state index in [0.29, 0.717) is 12.5 Å². The van der Waals surface area contributed by atoms with Crippen LogP contribution < -0.4 is 0 Å². The van der Waals surface area contributed by atoms with Crippen molar-refractivity contribution in [3.63, 3.8) is 0 Å². The summed E-state index contributed by atoms with van der Waals surface area (Å²) in [5.41, 5.74) is -0.424. The van der Waals surface area contributed by atoms with Gasteiger partial charge in [-0.3, -0.25) is 0 Å². The maximum atomic E-state index is 12.1. The van der Waals surface area contributed by atoms with Crippen LogP contribution in [0.5, 0.6) is 0 Å². The van der Waals surface area contributed by atoms with Gasteiger partial charge in [0.25, 0.3) is 0 Å². The molecule has 0 spiro atoms. The number of aldehydes is 1. The Morgan fingerprint density at radius 1 is 1.33 bits per heavy atom. The number of hydrogen-bond acceptors (Lipinski definition) is 2. The maximum absolute atomic E-state index is 12.1. The highest BCUT2D eigenvalue weighted by Crippen LogP contribution is 2.37.